The van der Waals surface area contributed by atoms with Crippen molar-refractivity contribution in [1.29, 1.82) is 0 Å². The first kappa shape index (κ1) is 5.95. The van der Waals surface area contributed by atoms with Gasteiger partial charge in [-0.25, -0.2) is 8.78 Å². The van der Waals surface area contributed by atoms with Gasteiger partial charge in [0.25, 0.3) is 0 Å². The van der Waals surface area contributed by atoms with Crippen LogP contribution in [-0.4, -0.2) is 12.5 Å². The number of hydrogen-bond donors (Lipinski definition) is 1. The van der Waals surface area contributed by atoms with Gasteiger partial charge in [-0.2, -0.15) is 0 Å². The van der Waals surface area contributed by atoms with Crippen molar-refractivity contribution in [2.75, 3.05) is 0 Å². The molecule has 0 aliphatic heterocycles. The highest BCUT2D eigenvalue weighted by Gasteiger charge is 2.34. The Hall–Kier alpha value is -0.180. The van der Waals surface area contributed by atoms with E-state index in [-0.39, 0.29) is 6.04 Å². The van der Waals surface area contributed by atoms with Crippen LogP contribution in [0, 0.1) is 5.92 Å². The van der Waals surface area contributed by atoms with Crippen LogP contribution in [0.5, 0.6) is 0 Å². The van der Waals surface area contributed by atoms with Crippen LogP contribution in [0.2, 0.25) is 0 Å². The van der Waals surface area contributed by atoms with Gasteiger partial charge in [0, 0.05) is 12.0 Å². The summed E-state index contributed by atoms with van der Waals surface area (Å²) in [5.41, 5.74) is 5.24. The minimum Gasteiger partial charge on any atom is -0.327 e. The molecule has 0 bridgehead atoms. The highest BCUT2D eigenvalue weighted by molar-refractivity contribution is 4.84. The molecule has 1 aliphatic rings. The Bertz CT molecular complexity index is 79.7. The molecule has 0 aromatic heterocycles. The van der Waals surface area contributed by atoms with Crippen molar-refractivity contribution in [3.05, 3.63) is 0 Å². The Kier molecular flexibility index (Phi) is 1.47. The summed E-state index contributed by atoms with van der Waals surface area (Å²) in [4.78, 5) is 0. The Labute approximate surface area is 46.9 Å². The molecule has 0 aromatic rings. The molecule has 1 nitrogen and oxygen atoms in total. The van der Waals surface area contributed by atoms with Gasteiger partial charge in [-0.3, -0.25) is 0 Å². The molecule has 0 spiro atoms. The summed E-state index contributed by atoms with van der Waals surface area (Å²) in [5, 5.41) is 0. The van der Waals surface area contributed by atoms with Crippen molar-refractivity contribution >= 4 is 0 Å². The zero-order valence-corrected chi connectivity index (χ0v) is 4.48. The molecule has 3 heteroatoms. The Morgan fingerprint density at radius 1 is 1.38 bits per heavy atom. The molecule has 1 fully saturated rings. The molecular weight excluding hydrogens is 112 g/mol. The van der Waals surface area contributed by atoms with Crippen molar-refractivity contribution in [3.63, 3.8) is 0 Å². The van der Waals surface area contributed by atoms with E-state index in [1.54, 1.807) is 0 Å². The quantitative estimate of drug-likeness (QED) is 0.550. The van der Waals surface area contributed by atoms with Crippen molar-refractivity contribution < 1.29 is 8.78 Å². The second kappa shape index (κ2) is 1.97. The Morgan fingerprint density at radius 3 is 2.00 bits per heavy atom. The van der Waals surface area contributed by atoms with Crippen molar-refractivity contribution in [3.8, 4) is 0 Å². The average molecular weight is 121 g/mol. The second-order valence-electron chi connectivity index (χ2n) is 2.24. The molecule has 0 saturated heterocycles. The van der Waals surface area contributed by atoms with Crippen LogP contribution in [0.4, 0.5) is 8.78 Å². The summed E-state index contributed by atoms with van der Waals surface area (Å²) in [7, 11) is 0. The summed E-state index contributed by atoms with van der Waals surface area (Å²) in [6, 6.07) is -0.227. The summed E-state index contributed by atoms with van der Waals surface area (Å²) >= 11 is 0. The number of rotatable bonds is 1. The van der Waals surface area contributed by atoms with Gasteiger partial charge in [-0.15, -0.1) is 0 Å². The molecule has 0 unspecified atom stereocenters. The van der Waals surface area contributed by atoms with Gasteiger partial charge in [0.05, 0.1) is 0 Å². The van der Waals surface area contributed by atoms with Crippen LogP contribution in [0.3, 0.4) is 0 Å². The van der Waals surface area contributed by atoms with Crippen LogP contribution in [0.1, 0.15) is 12.8 Å². The molecular formula is C5H9F2N. The predicted octanol–water partition coefficient (Wildman–Crippen LogP) is 0.989. The Morgan fingerprint density at radius 2 is 2.00 bits per heavy atom. The van der Waals surface area contributed by atoms with Crippen LogP contribution in [-0.2, 0) is 0 Å². The molecule has 1 rings (SSSR count). The van der Waals surface area contributed by atoms with E-state index in [1.807, 2.05) is 0 Å². The third-order valence-corrected chi connectivity index (χ3v) is 1.71. The van der Waals surface area contributed by atoms with E-state index in [4.69, 9.17) is 5.73 Å². The van der Waals surface area contributed by atoms with E-state index < -0.39 is 12.3 Å². The first-order chi connectivity index (χ1) is 3.72. The third kappa shape index (κ3) is 0.823. The van der Waals surface area contributed by atoms with Gasteiger partial charge in [0.1, 0.15) is 0 Å². The molecule has 0 heterocycles. The first-order valence-corrected chi connectivity index (χ1v) is 2.75. The molecule has 2 atom stereocenters. The van der Waals surface area contributed by atoms with E-state index in [1.165, 1.54) is 0 Å². The molecule has 1 aliphatic carbocycles. The van der Waals surface area contributed by atoms with E-state index >= 15 is 0 Å². The van der Waals surface area contributed by atoms with Crippen LogP contribution >= 0.6 is 0 Å². The van der Waals surface area contributed by atoms with E-state index in [0.717, 1.165) is 6.42 Å². The molecule has 48 valence electrons. The topological polar surface area (TPSA) is 26.0 Å². The molecule has 8 heavy (non-hydrogen) atoms. The lowest BCUT2D eigenvalue weighted by atomic mass is 9.81. The minimum absolute atomic E-state index is 0.227. The maximum atomic E-state index is 11.7. The van der Waals surface area contributed by atoms with Crippen molar-refractivity contribution in [2.24, 2.45) is 11.7 Å². The lowest BCUT2D eigenvalue weighted by Crippen LogP contribution is -2.43. The zero-order chi connectivity index (χ0) is 6.15. The summed E-state index contributed by atoms with van der Waals surface area (Å²) < 4.78 is 23.3. The molecule has 0 amide bonds. The smallest absolute Gasteiger partial charge is 0.242 e. The van der Waals surface area contributed by atoms with E-state index in [2.05, 4.69) is 0 Å². The average Bonchev–Trinajstić information content (AvgIpc) is 1.61. The molecule has 0 radical (unpaired) electrons. The first-order valence-electron chi connectivity index (χ1n) is 2.75. The lowest BCUT2D eigenvalue weighted by Gasteiger charge is -2.32. The van der Waals surface area contributed by atoms with Crippen LogP contribution in [0.25, 0.3) is 0 Å². The number of hydrogen-bond acceptors (Lipinski definition) is 1. The van der Waals surface area contributed by atoms with Gasteiger partial charge in [0.2, 0.25) is 6.43 Å². The largest absolute Gasteiger partial charge is 0.327 e. The van der Waals surface area contributed by atoms with Gasteiger partial charge < -0.3 is 5.73 Å². The number of alkyl halides is 2. The van der Waals surface area contributed by atoms with Crippen LogP contribution < -0.4 is 5.73 Å². The maximum absolute atomic E-state index is 11.7. The van der Waals surface area contributed by atoms with Crippen molar-refractivity contribution in [1.82, 2.24) is 0 Å². The SMILES string of the molecule is N[C@H]1CC[C@H]1C(F)F. The highest BCUT2D eigenvalue weighted by atomic mass is 19.3. The standard InChI is InChI=1S/C5H9F2N/c6-5(7)3-1-2-4(3)8/h3-5H,1-2,8H2/t3-,4+/m1/s1. The zero-order valence-electron chi connectivity index (χ0n) is 4.48. The number of nitrogens with two attached hydrogens (primary N) is 1. The molecule has 2 N–H and O–H groups in total. The lowest BCUT2D eigenvalue weighted by molar-refractivity contribution is 0.0193. The van der Waals surface area contributed by atoms with Crippen LogP contribution in [0.15, 0.2) is 0 Å². The summed E-state index contributed by atoms with van der Waals surface area (Å²) in [6.07, 6.45) is -0.813. The monoisotopic (exact) mass is 121 g/mol. The molecule has 1 saturated carbocycles. The van der Waals surface area contributed by atoms with Crippen molar-refractivity contribution in [2.45, 2.75) is 25.3 Å². The van der Waals surface area contributed by atoms with Gasteiger partial charge in [-0.05, 0) is 12.8 Å². The predicted molar refractivity (Wildman–Crippen MR) is 26.7 cm³/mol. The fraction of sp³-hybridized carbons (Fsp3) is 1.00. The minimum atomic E-state index is -2.20. The van der Waals surface area contributed by atoms with Gasteiger partial charge >= 0.3 is 0 Å². The van der Waals surface area contributed by atoms with E-state index in [9.17, 15) is 8.78 Å². The van der Waals surface area contributed by atoms with E-state index in [0.29, 0.717) is 6.42 Å². The third-order valence-electron chi connectivity index (χ3n) is 1.71. The molecule has 0 aromatic carbocycles. The summed E-state index contributed by atoms with van der Waals surface area (Å²) in [5.74, 6) is -0.505. The number of halogens is 2. The maximum Gasteiger partial charge on any atom is 0.242 e. The fourth-order valence-corrected chi connectivity index (χ4v) is 0.864. The Balaban J connectivity index is 2.26. The second-order valence-corrected chi connectivity index (χ2v) is 2.24. The highest BCUT2D eigenvalue weighted by Crippen LogP contribution is 2.30. The van der Waals surface area contributed by atoms with Gasteiger partial charge in [0.15, 0.2) is 0 Å². The summed E-state index contributed by atoms with van der Waals surface area (Å²) in [6.45, 7) is 0. The fourth-order valence-electron chi connectivity index (χ4n) is 0.864. The normalized spacial score (nSPS) is 37.5. The van der Waals surface area contributed by atoms with Gasteiger partial charge in [-0.1, -0.05) is 0 Å².